The van der Waals surface area contributed by atoms with E-state index in [9.17, 15) is 0 Å². The van der Waals surface area contributed by atoms with Gasteiger partial charge in [0.1, 0.15) is 0 Å². The summed E-state index contributed by atoms with van der Waals surface area (Å²) in [5, 5.41) is 8.40. The van der Waals surface area contributed by atoms with Crippen molar-refractivity contribution in [2.75, 3.05) is 0 Å². The van der Waals surface area contributed by atoms with E-state index in [1.165, 1.54) is 5.56 Å². The Bertz CT molecular complexity index is 803. The molecule has 3 aromatic rings. The van der Waals surface area contributed by atoms with Crippen molar-refractivity contribution in [3.05, 3.63) is 90.0 Å². The molecular formula is C20H16N2. The molecule has 0 heterocycles. The van der Waals surface area contributed by atoms with Crippen LogP contribution in [0.25, 0.3) is 11.1 Å². The van der Waals surface area contributed by atoms with Crippen molar-refractivity contribution in [3.63, 3.8) is 0 Å². The molecule has 0 bridgehead atoms. The summed E-state index contributed by atoms with van der Waals surface area (Å²) < 4.78 is 0. The lowest BCUT2D eigenvalue weighted by atomic mass is 9.98. The van der Waals surface area contributed by atoms with Crippen molar-refractivity contribution in [2.24, 2.45) is 4.99 Å². The molecule has 0 amide bonds. The van der Waals surface area contributed by atoms with E-state index < -0.39 is 0 Å². The van der Waals surface area contributed by atoms with Crippen molar-refractivity contribution in [1.29, 1.82) is 5.41 Å². The summed E-state index contributed by atoms with van der Waals surface area (Å²) in [4.78, 5) is 3.99. The second-order valence-corrected chi connectivity index (χ2v) is 4.99. The molecule has 0 aliphatic heterocycles. The van der Waals surface area contributed by atoms with Crippen LogP contribution in [0.5, 0.6) is 0 Å². The predicted molar refractivity (Wildman–Crippen MR) is 93.5 cm³/mol. The summed E-state index contributed by atoms with van der Waals surface area (Å²) in [6, 6.07) is 25.8. The van der Waals surface area contributed by atoms with Crippen LogP contribution in [-0.4, -0.2) is 12.4 Å². The number of hydrogen-bond acceptors (Lipinski definition) is 2. The number of benzene rings is 3. The Labute approximate surface area is 130 Å². The van der Waals surface area contributed by atoms with Crippen LogP contribution in [0.3, 0.4) is 0 Å². The Morgan fingerprint density at radius 3 is 2.00 bits per heavy atom. The van der Waals surface area contributed by atoms with E-state index in [1.807, 2.05) is 66.7 Å². The smallest absolute Gasteiger partial charge is 0.0716 e. The fourth-order valence-corrected chi connectivity index (χ4v) is 2.44. The van der Waals surface area contributed by atoms with E-state index in [1.54, 1.807) is 0 Å². The van der Waals surface area contributed by atoms with Crippen LogP contribution < -0.4 is 0 Å². The van der Waals surface area contributed by atoms with Crippen LogP contribution in [0.1, 0.15) is 11.1 Å². The van der Waals surface area contributed by atoms with Gasteiger partial charge in [0.2, 0.25) is 0 Å². The Hall–Kier alpha value is -3.00. The third-order valence-electron chi connectivity index (χ3n) is 3.62. The average Bonchev–Trinajstić information content (AvgIpc) is 2.62. The molecule has 3 rings (SSSR count). The van der Waals surface area contributed by atoms with Gasteiger partial charge in [-0.2, -0.15) is 0 Å². The van der Waals surface area contributed by atoms with Gasteiger partial charge in [-0.1, -0.05) is 72.8 Å². The van der Waals surface area contributed by atoms with Gasteiger partial charge in [0.05, 0.1) is 11.4 Å². The Morgan fingerprint density at radius 2 is 1.32 bits per heavy atom. The molecule has 0 unspecified atom stereocenters. The van der Waals surface area contributed by atoms with Gasteiger partial charge in [-0.25, -0.2) is 0 Å². The van der Waals surface area contributed by atoms with Crippen LogP contribution in [-0.2, 0) is 0 Å². The molecule has 3 aromatic carbocycles. The van der Waals surface area contributed by atoms with Gasteiger partial charge in [0.15, 0.2) is 0 Å². The second-order valence-electron chi connectivity index (χ2n) is 4.99. The first kappa shape index (κ1) is 14.0. The lowest BCUT2D eigenvalue weighted by Crippen LogP contribution is -2.01. The molecular weight excluding hydrogens is 268 g/mol. The third-order valence-corrected chi connectivity index (χ3v) is 3.62. The molecule has 2 heteroatoms. The SMILES string of the molecule is C=Nc1ccccc1C(=N)c1ccc(-c2ccccc2)cc1. The molecule has 0 aliphatic rings. The van der Waals surface area contributed by atoms with Crippen molar-refractivity contribution in [3.8, 4) is 11.1 Å². The first-order valence-electron chi connectivity index (χ1n) is 7.10. The summed E-state index contributed by atoms with van der Waals surface area (Å²) in [5.74, 6) is 0. The van der Waals surface area contributed by atoms with Crippen molar-refractivity contribution in [1.82, 2.24) is 0 Å². The first-order valence-corrected chi connectivity index (χ1v) is 7.10. The maximum atomic E-state index is 8.40. The van der Waals surface area contributed by atoms with Gasteiger partial charge >= 0.3 is 0 Å². The second kappa shape index (κ2) is 6.19. The van der Waals surface area contributed by atoms with E-state index in [4.69, 9.17) is 5.41 Å². The minimum Gasteiger partial charge on any atom is -0.300 e. The molecule has 0 aromatic heterocycles. The number of aliphatic imine (C=N–C) groups is 1. The topological polar surface area (TPSA) is 36.2 Å². The van der Waals surface area contributed by atoms with Crippen molar-refractivity contribution < 1.29 is 0 Å². The lowest BCUT2D eigenvalue weighted by molar-refractivity contribution is 1.43. The molecule has 0 aliphatic carbocycles. The van der Waals surface area contributed by atoms with E-state index in [0.29, 0.717) is 5.71 Å². The van der Waals surface area contributed by atoms with Crippen LogP contribution in [0.4, 0.5) is 5.69 Å². The highest BCUT2D eigenvalue weighted by Gasteiger charge is 2.09. The zero-order chi connectivity index (χ0) is 15.4. The minimum absolute atomic E-state index is 0.461. The summed E-state index contributed by atoms with van der Waals surface area (Å²) in [7, 11) is 0. The van der Waals surface area contributed by atoms with E-state index in [2.05, 4.69) is 23.8 Å². The van der Waals surface area contributed by atoms with Crippen LogP contribution in [0.15, 0.2) is 83.9 Å². The predicted octanol–water partition coefficient (Wildman–Crippen LogP) is 5.10. The van der Waals surface area contributed by atoms with Gasteiger partial charge in [-0.05, 0) is 23.9 Å². The molecule has 0 spiro atoms. The summed E-state index contributed by atoms with van der Waals surface area (Å²) in [5.41, 5.74) is 5.18. The number of nitrogens with zero attached hydrogens (tertiary/aromatic N) is 1. The normalized spacial score (nSPS) is 10.2. The molecule has 0 radical (unpaired) electrons. The Kier molecular flexibility index (Phi) is 3.92. The molecule has 0 saturated carbocycles. The number of rotatable bonds is 4. The van der Waals surface area contributed by atoms with Gasteiger partial charge in [0.25, 0.3) is 0 Å². The highest BCUT2D eigenvalue weighted by Crippen LogP contribution is 2.24. The molecule has 1 N–H and O–H groups in total. The van der Waals surface area contributed by atoms with Crippen LogP contribution >= 0.6 is 0 Å². The van der Waals surface area contributed by atoms with E-state index in [0.717, 1.165) is 22.4 Å². The molecule has 22 heavy (non-hydrogen) atoms. The summed E-state index contributed by atoms with van der Waals surface area (Å²) in [6.45, 7) is 3.57. The molecule has 0 fully saturated rings. The minimum atomic E-state index is 0.461. The van der Waals surface area contributed by atoms with Crippen molar-refractivity contribution in [2.45, 2.75) is 0 Å². The maximum absolute atomic E-state index is 8.40. The first-order chi connectivity index (χ1) is 10.8. The fraction of sp³-hybridized carbons (Fsp3) is 0. The Morgan fingerprint density at radius 1 is 0.727 bits per heavy atom. The zero-order valence-electron chi connectivity index (χ0n) is 12.2. The largest absolute Gasteiger partial charge is 0.300 e. The highest BCUT2D eigenvalue weighted by molar-refractivity contribution is 6.13. The number of para-hydroxylation sites is 1. The number of hydrogen-bond donors (Lipinski definition) is 1. The highest BCUT2D eigenvalue weighted by atomic mass is 14.7. The quantitative estimate of drug-likeness (QED) is 0.647. The van der Waals surface area contributed by atoms with E-state index in [-0.39, 0.29) is 0 Å². The van der Waals surface area contributed by atoms with E-state index >= 15 is 0 Å². The average molecular weight is 284 g/mol. The van der Waals surface area contributed by atoms with Gasteiger partial charge in [-0.15, -0.1) is 0 Å². The third kappa shape index (κ3) is 2.72. The standard InChI is InChI=1S/C20H16N2/c1-22-19-10-6-5-9-18(19)20(21)17-13-11-16(12-14-17)15-7-3-2-4-8-15/h2-14,21H,1H2. The fourth-order valence-electron chi connectivity index (χ4n) is 2.44. The maximum Gasteiger partial charge on any atom is 0.0716 e. The number of nitrogens with one attached hydrogen (secondary N) is 1. The van der Waals surface area contributed by atoms with Crippen molar-refractivity contribution >= 4 is 18.1 Å². The van der Waals surface area contributed by atoms with Crippen LogP contribution in [0.2, 0.25) is 0 Å². The zero-order valence-corrected chi connectivity index (χ0v) is 12.2. The van der Waals surface area contributed by atoms with Crippen LogP contribution in [0, 0.1) is 5.41 Å². The van der Waals surface area contributed by atoms with Gasteiger partial charge < -0.3 is 0 Å². The molecule has 2 nitrogen and oxygen atoms in total. The molecule has 106 valence electrons. The van der Waals surface area contributed by atoms with Gasteiger partial charge in [0, 0.05) is 11.1 Å². The molecule has 0 atom stereocenters. The molecule has 0 saturated heterocycles. The Balaban J connectivity index is 1.93. The van der Waals surface area contributed by atoms with Gasteiger partial charge in [-0.3, -0.25) is 10.4 Å². The lowest BCUT2D eigenvalue weighted by Gasteiger charge is -2.08. The monoisotopic (exact) mass is 284 g/mol. The summed E-state index contributed by atoms with van der Waals surface area (Å²) in [6.07, 6.45) is 0. The summed E-state index contributed by atoms with van der Waals surface area (Å²) >= 11 is 0.